The van der Waals surface area contributed by atoms with Crippen LogP contribution in [-0.4, -0.2) is 32.4 Å². The minimum absolute atomic E-state index is 0. The Morgan fingerprint density at radius 1 is 1.00 bits per heavy atom. The van der Waals surface area contributed by atoms with Crippen LogP contribution in [0, 0.1) is 0 Å². The van der Waals surface area contributed by atoms with E-state index in [4.69, 9.17) is 5.73 Å². The summed E-state index contributed by atoms with van der Waals surface area (Å²) < 4.78 is 27.8. The van der Waals surface area contributed by atoms with Crippen LogP contribution in [0.25, 0.3) is 0 Å². The van der Waals surface area contributed by atoms with Crippen molar-refractivity contribution in [2.45, 2.75) is 30.3 Å². The van der Waals surface area contributed by atoms with E-state index in [-0.39, 0.29) is 29.0 Å². The van der Waals surface area contributed by atoms with Crippen molar-refractivity contribution in [1.82, 2.24) is 9.62 Å². The van der Waals surface area contributed by atoms with Crippen LogP contribution in [0.2, 0.25) is 0 Å². The second kappa shape index (κ2) is 8.67. The van der Waals surface area contributed by atoms with Gasteiger partial charge in [0.1, 0.15) is 4.90 Å². The van der Waals surface area contributed by atoms with Crippen molar-refractivity contribution in [1.29, 1.82) is 0 Å². The first-order valence-electron chi connectivity index (χ1n) is 8.18. The second-order valence-corrected chi connectivity index (χ2v) is 7.88. The third kappa shape index (κ3) is 5.19. The summed E-state index contributed by atoms with van der Waals surface area (Å²) in [5.74, 6) is 0. The lowest BCUT2D eigenvalue weighted by Gasteiger charge is -2.32. The maximum atomic E-state index is 12.5. The molecule has 0 radical (unpaired) electrons. The predicted molar refractivity (Wildman–Crippen MR) is 103 cm³/mol. The van der Waals surface area contributed by atoms with Crippen molar-refractivity contribution in [3.05, 3.63) is 60.2 Å². The van der Waals surface area contributed by atoms with Crippen LogP contribution in [0.1, 0.15) is 18.4 Å². The molecule has 2 aromatic rings. The molecule has 0 aliphatic carbocycles. The van der Waals surface area contributed by atoms with Gasteiger partial charge in [-0.05, 0) is 30.5 Å². The van der Waals surface area contributed by atoms with Crippen molar-refractivity contribution in [3.8, 4) is 0 Å². The second-order valence-electron chi connectivity index (χ2n) is 6.20. The number of hydrogen-bond donors (Lipinski definition) is 2. The van der Waals surface area contributed by atoms with Gasteiger partial charge in [-0.15, -0.1) is 12.4 Å². The molecular weight excluding hydrogens is 358 g/mol. The first kappa shape index (κ1) is 19.7. The van der Waals surface area contributed by atoms with Crippen molar-refractivity contribution >= 4 is 28.1 Å². The molecule has 1 heterocycles. The van der Waals surface area contributed by atoms with Crippen LogP contribution in [-0.2, 0) is 16.6 Å². The zero-order valence-electron chi connectivity index (χ0n) is 14.0. The number of nitrogens with two attached hydrogens (primary N) is 1. The topological polar surface area (TPSA) is 75.4 Å². The fourth-order valence-electron chi connectivity index (χ4n) is 3.06. The van der Waals surface area contributed by atoms with E-state index in [0.717, 1.165) is 32.5 Å². The first-order chi connectivity index (χ1) is 11.5. The molecule has 1 aliphatic rings. The minimum atomic E-state index is -3.56. The average Bonchev–Trinajstić information content (AvgIpc) is 2.58. The lowest BCUT2D eigenvalue weighted by Crippen LogP contribution is -2.44. The highest BCUT2D eigenvalue weighted by atomic mass is 35.5. The summed E-state index contributed by atoms with van der Waals surface area (Å²) in [6.07, 6.45) is 1.61. The number of hydrogen-bond acceptors (Lipinski definition) is 4. The number of nitrogens with one attached hydrogen (secondary N) is 1. The lowest BCUT2D eigenvalue weighted by molar-refractivity contribution is 0.200. The van der Waals surface area contributed by atoms with Gasteiger partial charge in [-0.1, -0.05) is 42.5 Å². The summed E-state index contributed by atoms with van der Waals surface area (Å²) in [4.78, 5) is 2.52. The van der Waals surface area contributed by atoms with Crippen molar-refractivity contribution < 1.29 is 8.42 Å². The standard InChI is InChI=1S/C18H23N3O2S.ClH/c19-17-8-4-5-9-18(17)24(22,23)20-16-10-12-21(13-11-16)14-15-6-2-1-3-7-15;/h1-9,16,20H,10-14,19H2;1H. The summed E-state index contributed by atoms with van der Waals surface area (Å²) >= 11 is 0. The Morgan fingerprint density at radius 3 is 2.24 bits per heavy atom. The lowest BCUT2D eigenvalue weighted by atomic mass is 10.1. The first-order valence-corrected chi connectivity index (χ1v) is 9.66. The van der Waals surface area contributed by atoms with E-state index in [1.807, 2.05) is 18.2 Å². The molecule has 0 aromatic heterocycles. The molecule has 0 bridgehead atoms. The summed E-state index contributed by atoms with van der Waals surface area (Å²) in [5, 5.41) is 0. The molecule has 0 saturated carbocycles. The molecule has 136 valence electrons. The van der Waals surface area contributed by atoms with Crippen LogP contribution in [0.15, 0.2) is 59.5 Å². The maximum Gasteiger partial charge on any atom is 0.242 e. The fraction of sp³-hybridized carbons (Fsp3) is 0.333. The van der Waals surface area contributed by atoms with E-state index in [1.165, 1.54) is 5.56 Å². The number of piperidine rings is 1. The van der Waals surface area contributed by atoms with Gasteiger partial charge in [-0.25, -0.2) is 13.1 Å². The van der Waals surface area contributed by atoms with Gasteiger partial charge in [0.15, 0.2) is 0 Å². The Balaban J connectivity index is 0.00000225. The van der Waals surface area contributed by atoms with Gasteiger partial charge in [0.2, 0.25) is 10.0 Å². The molecule has 7 heteroatoms. The number of halogens is 1. The average molecular weight is 382 g/mol. The van der Waals surface area contributed by atoms with E-state index < -0.39 is 10.0 Å². The number of sulfonamides is 1. The Hall–Kier alpha value is -1.60. The molecule has 0 spiro atoms. The number of para-hydroxylation sites is 1. The number of anilines is 1. The van der Waals surface area contributed by atoms with Gasteiger partial charge in [-0.3, -0.25) is 4.90 Å². The monoisotopic (exact) mass is 381 g/mol. The molecule has 25 heavy (non-hydrogen) atoms. The molecule has 2 aromatic carbocycles. The number of benzene rings is 2. The van der Waals surface area contributed by atoms with Crippen LogP contribution in [0.4, 0.5) is 5.69 Å². The van der Waals surface area contributed by atoms with E-state index in [9.17, 15) is 8.42 Å². The van der Waals surface area contributed by atoms with Gasteiger partial charge in [0, 0.05) is 25.7 Å². The number of nitrogens with zero attached hydrogens (tertiary/aromatic N) is 1. The van der Waals surface area contributed by atoms with Crippen molar-refractivity contribution in [2.24, 2.45) is 0 Å². The maximum absolute atomic E-state index is 12.5. The highest BCUT2D eigenvalue weighted by molar-refractivity contribution is 7.89. The molecule has 1 fully saturated rings. The number of nitrogen functional groups attached to an aromatic ring is 1. The molecule has 5 nitrogen and oxygen atoms in total. The molecule has 1 aliphatic heterocycles. The Labute approximate surface area is 155 Å². The van der Waals surface area contributed by atoms with E-state index >= 15 is 0 Å². The van der Waals surface area contributed by atoms with Crippen LogP contribution in [0.3, 0.4) is 0 Å². The molecular formula is C18H24ClN3O2S. The number of rotatable bonds is 5. The predicted octanol–water partition coefficient (Wildman–Crippen LogP) is 2.63. The molecule has 0 atom stereocenters. The molecule has 0 unspecified atom stereocenters. The van der Waals surface area contributed by atoms with E-state index in [2.05, 4.69) is 21.8 Å². The van der Waals surface area contributed by atoms with Crippen LogP contribution >= 0.6 is 12.4 Å². The molecule has 3 N–H and O–H groups in total. The van der Waals surface area contributed by atoms with Crippen LogP contribution < -0.4 is 10.5 Å². The third-order valence-electron chi connectivity index (χ3n) is 4.37. The Morgan fingerprint density at radius 2 is 1.60 bits per heavy atom. The summed E-state index contributed by atoms with van der Waals surface area (Å²) in [5.41, 5.74) is 7.36. The summed E-state index contributed by atoms with van der Waals surface area (Å²) in [6, 6.07) is 16.9. The zero-order chi connectivity index (χ0) is 17.0. The normalized spacial score (nSPS) is 16.3. The molecule has 1 saturated heterocycles. The SMILES string of the molecule is Cl.Nc1ccccc1S(=O)(=O)NC1CCN(Cc2ccccc2)CC1. The van der Waals surface area contributed by atoms with Gasteiger partial charge < -0.3 is 5.73 Å². The van der Waals surface area contributed by atoms with Gasteiger partial charge in [0.25, 0.3) is 0 Å². The van der Waals surface area contributed by atoms with E-state index in [1.54, 1.807) is 24.3 Å². The summed E-state index contributed by atoms with van der Waals surface area (Å²) in [6.45, 7) is 2.67. The fourth-order valence-corrected chi connectivity index (χ4v) is 4.50. The van der Waals surface area contributed by atoms with E-state index in [0.29, 0.717) is 0 Å². The van der Waals surface area contributed by atoms with Gasteiger partial charge >= 0.3 is 0 Å². The van der Waals surface area contributed by atoms with Gasteiger partial charge in [0.05, 0.1) is 5.69 Å². The number of likely N-dealkylation sites (tertiary alicyclic amines) is 1. The molecule has 0 amide bonds. The highest BCUT2D eigenvalue weighted by Crippen LogP contribution is 2.20. The summed E-state index contributed by atoms with van der Waals surface area (Å²) in [7, 11) is -3.56. The molecule has 3 rings (SSSR count). The zero-order valence-corrected chi connectivity index (χ0v) is 15.6. The minimum Gasteiger partial charge on any atom is -0.398 e. The smallest absolute Gasteiger partial charge is 0.242 e. The van der Waals surface area contributed by atoms with Gasteiger partial charge in [-0.2, -0.15) is 0 Å². The van der Waals surface area contributed by atoms with Crippen molar-refractivity contribution in [2.75, 3.05) is 18.8 Å². The Bertz CT molecular complexity index is 776. The highest BCUT2D eigenvalue weighted by Gasteiger charge is 2.25. The largest absolute Gasteiger partial charge is 0.398 e. The van der Waals surface area contributed by atoms with Crippen molar-refractivity contribution in [3.63, 3.8) is 0 Å². The quantitative estimate of drug-likeness (QED) is 0.780. The van der Waals surface area contributed by atoms with Crippen LogP contribution in [0.5, 0.6) is 0 Å². The Kier molecular flexibility index (Phi) is 6.84. The third-order valence-corrected chi connectivity index (χ3v) is 5.96.